The van der Waals surface area contributed by atoms with Gasteiger partial charge in [0.05, 0.1) is 22.8 Å². The van der Waals surface area contributed by atoms with Gasteiger partial charge in [0, 0.05) is 17.7 Å². The lowest BCUT2D eigenvalue weighted by atomic mass is 10.2. The lowest BCUT2D eigenvalue weighted by Crippen LogP contribution is -2.28. The zero-order chi connectivity index (χ0) is 17.1. The summed E-state index contributed by atoms with van der Waals surface area (Å²) in [5.41, 5.74) is 3.64. The summed E-state index contributed by atoms with van der Waals surface area (Å²) >= 11 is 3.53. The summed E-state index contributed by atoms with van der Waals surface area (Å²) in [4.78, 5) is 16.6. The average Bonchev–Trinajstić information content (AvgIpc) is 2.93. The number of hydrogen-bond donors (Lipinski definition) is 1. The van der Waals surface area contributed by atoms with E-state index in [2.05, 4.69) is 26.2 Å². The summed E-state index contributed by atoms with van der Waals surface area (Å²) < 4.78 is 8.11. The van der Waals surface area contributed by atoms with Crippen LogP contribution < -0.4 is 5.32 Å². The number of aromatic nitrogens is 2. The molecule has 0 spiro atoms. The third-order valence-electron chi connectivity index (χ3n) is 3.80. The Hall–Kier alpha value is -2.34. The summed E-state index contributed by atoms with van der Waals surface area (Å²) in [5, 5.41) is 2.82. The number of nitrogens with one attached hydrogen (secondary N) is 1. The number of halogens is 1. The van der Waals surface area contributed by atoms with Crippen LogP contribution in [0.3, 0.4) is 0 Å². The van der Waals surface area contributed by atoms with Crippen molar-refractivity contribution < 1.29 is 9.53 Å². The zero-order valence-corrected chi connectivity index (χ0v) is 15.1. The van der Waals surface area contributed by atoms with E-state index >= 15 is 0 Å². The minimum Gasteiger partial charge on any atom is -0.445 e. The predicted molar refractivity (Wildman–Crippen MR) is 96.6 cm³/mol. The number of nitrogens with zero attached hydrogens (tertiary/aromatic N) is 2. The molecule has 1 N–H and O–H groups in total. The quantitative estimate of drug-likeness (QED) is 0.724. The topological polar surface area (TPSA) is 56.1 Å². The number of pyridine rings is 1. The highest BCUT2D eigenvalue weighted by atomic mass is 79.9. The van der Waals surface area contributed by atoms with Gasteiger partial charge in [-0.05, 0) is 40.5 Å². The summed E-state index contributed by atoms with van der Waals surface area (Å²) in [6.07, 6.45) is 1.49. The van der Waals surface area contributed by atoms with Gasteiger partial charge in [-0.1, -0.05) is 30.3 Å². The van der Waals surface area contributed by atoms with Crippen LogP contribution >= 0.6 is 15.9 Å². The highest BCUT2D eigenvalue weighted by Gasteiger charge is 2.16. The molecule has 0 unspecified atom stereocenters. The van der Waals surface area contributed by atoms with Crippen LogP contribution in [0.1, 0.15) is 24.2 Å². The number of carbonyl (C=O) groups excluding carboxylic acids is 1. The van der Waals surface area contributed by atoms with E-state index in [-0.39, 0.29) is 12.6 Å². The summed E-state index contributed by atoms with van der Waals surface area (Å²) in [5.74, 6) is 0. The highest BCUT2D eigenvalue weighted by Crippen LogP contribution is 2.26. The first kappa shape index (κ1) is 16.5. The van der Waals surface area contributed by atoms with Crippen LogP contribution in [0.5, 0.6) is 0 Å². The SMILES string of the molecule is C[C@H](NC(=O)OCc1ccccc1)c1nc2ccn(C)c2cc1Br. The van der Waals surface area contributed by atoms with Crippen molar-refractivity contribution in [1.82, 2.24) is 14.9 Å². The second-order valence-corrected chi connectivity index (χ2v) is 6.47. The molecule has 0 fully saturated rings. The Morgan fingerprint density at radius 2 is 2.08 bits per heavy atom. The zero-order valence-electron chi connectivity index (χ0n) is 13.5. The lowest BCUT2D eigenvalue weighted by Gasteiger charge is -2.15. The number of alkyl carbamates (subject to hydrolysis) is 1. The van der Waals surface area contributed by atoms with Gasteiger partial charge in [-0.15, -0.1) is 0 Å². The Balaban J connectivity index is 1.67. The highest BCUT2D eigenvalue weighted by molar-refractivity contribution is 9.10. The number of ether oxygens (including phenoxy) is 1. The number of hydrogen-bond acceptors (Lipinski definition) is 3. The summed E-state index contributed by atoms with van der Waals surface area (Å²) in [6, 6.07) is 13.3. The van der Waals surface area contributed by atoms with Crippen LogP contribution in [-0.4, -0.2) is 15.6 Å². The number of rotatable bonds is 4. The van der Waals surface area contributed by atoms with Crippen LogP contribution in [0.2, 0.25) is 0 Å². The van der Waals surface area contributed by atoms with Crippen molar-refractivity contribution in [2.75, 3.05) is 0 Å². The van der Waals surface area contributed by atoms with Crippen LogP contribution in [0.4, 0.5) is 4.79 Å². The smallest absolute Gasteiger partial charge is 0.407 e. The number of amides is 1. The van der Waals surface area contributed by atoms with Gasteiger partial charge in [0.1, 0.15) is 6.61 Å². The number of benzene rings is 1. The third kappa shape index (κ3) is 3.59. The first-order chi connectivity index (χ1) is 11.5. The molecule has 1 aromatic carbocycles. The van der Waals surface area contributed by atoms with E-state index < -0.39 is 6.09 Å². The fourth-order valence-corrected chi connectivity index (χ4v) is 3.14. The molecule has 3 rings (SSSR count). The monoisotopic (exact) mass is 387 g/mol. The average molecular weight is 388 g/mol. The molecule has 124 valence electrons. The van der Waals surface area contributed by atoms with Gasteiger partial charge >= 0.3 is 6.09 Å². The summed E-state index contributed by atoms with van der Waals surface area (Å²) in [6.45, 7) is 2.12. The van der Waals surface area contributed by atoms with Crippen LogP contribution in [0, 0.1) is 0 Å². The van der Waals surface area contributed by atoms with Gasteiger partial charge in [0.25, 0.3) is 0 Å². The van der Waals surface area contributed by atoms with E-state index in [0.29, 0.717) is 0 Å². The first-order valence-electron chi connectivity index (χ1n) is 7.63. The number of carbonyl (C=O) groups is 1. The molecule has 1 atom stereocenters. The summed E-state index contributed by atoms with van der Waals surface area (Å²) in [7, 11) is 1.97. The molecule has 0 aliphatic heterocycles. The maximum absolute atomic E-state index is 12.0. The van der Waals surface area contributed by atoms with Crippen molar-refractivity contribution in [3.63, 3.8) is 0 Å². The molecular formula is C18H18BrN3O2. The third-order valence-corrected chi connectivity index (χ3v) is 4.44. The Kier molecular flexibility index (Phi) is 4.85. The molecular weight excluding hydrogens is 370 g/mol. The standard InChI is InChI=1S/C18H18BrN3O2/c1-12(20-18(23)24-11-13-6-4-3-5-7-13)17-14(19)10-16-15(21-17)8-9-22(16)2/h3-10,12H,11H2,1-2H3,(H,20,23)/t12-/m0/s1. The second kappa shape index (κ2) is 7.05. The van der Waals surface area contributed by atoms with E-state index in [0.717, 1.165) is 26.8 Å². The van der Waals surface area contributed by atoms with Gasteiger partial charge in [-0.3, -0.25) is 0 Å². The van der Waals surface area contributed by atoms with Crippen molar-refractivity contribution in [2.45, 2.75) is 19.6 Å². The van der Waals surface area contributed by atoms with E-state index in [4.69, 9.17) is 4.74 Å². The fraction of sp³-hybridized carbons (Fsp3) is 0.222. The molecule has 0 aliphatic carbocycles. The normalized spacial score (nSPS) is 12.1. The van der Waals surface area contributed by atoms with E-state index in [1.807, 2.05) is 67.2 Å². The van der Waals surface area contributed by atoms with Crippen molar-refractivity contribution in [3.8, 4) is 0 Å². The Bertz CT molecular complexity index is 861. The van der Waals surface area contributed by atoms with Crippen molar-refractivity contribution in [2.24, 2.45) is 7.05 Å². The molecule has 0 saturated heterocycles. The maximum Gasteiger partial charge on any atom is 0.407 e. The van der Waals surface area contributed by atoms with Crippen LogP contribution in [0.15, 0.2) is 53.1 Å². The van der Waals surface area contributed by atoms with Crippen molar-refractivity contribution >= 4 is 33.1 Å². The molecule has 2 aromatic heterocycles. The van der Waals surface area contributed by atoms with Crippen molar-refractivity contribution in [1.29, 1.82) is 0 Å². The first-order valence-corrected chi connectivity index (χ1v) is 8.42. The maximum atomic E-state index is 12.0. The van der Waals surface area contributed by atoms with Crippen LogP contribution in [0.25, 0.3) is 11.0 Å². The van der Waals surface area contributed by atoms with E-state index in [1.165, 1.54) is 0 Å². The molecule has 5 nitrogen and oxygen atoms in total. The second-order valence-electron chi connectivity index (χ2n) is 5.61. The Morgan fingerprint density at radius 3 is 2.83 bits per heavy atom. The fourth-order valence-electron chi connectivity index (χ4n) is 2.49. The minimum absolute atomic E-state index is 0.242. The van der Waals surface area contributed by atoms with Crippen molar-refractivity contribution in [3.05, 3.63) is 64.4 Å². The predicted octanol–water partition coefficient (Wildman–Crippen LogP) is 4.32. The largest absolute Gasteiger partial charge is 0.445 e. The van der Waals surface area contributed by atoms with Crippen LogP contribution in [-0.2, 0) is 18.4 Å². The number of aryl methyl sites for hydroxylation is 1. The number of fused-ring (bicyclic) bond motifs is 1. The lowest BCUT2D eigenvalue weighted by molar-refractivity contribution is 0.136. The molecule has 2 heterocycles. The van der Waals surface area contributed by atoms with Gasteiger partial charge < -0.3 is 14.6 Å². The Labute approximate surface area is 148 Å². The molecule has 24 heavy (non-hydrogen) atoms. The van der Waals surface area contributed by atoms with Gasteiger partial charge in [0.2, 0.25) is 0 Å². The molecule has 0 radical (unpaired) electrons. The molecule has 6 heteroatoms. The van der Waals surface area contributed by atoms with E-state index in [1.54, 1.807) is 0 Å². The molecule has 1 amide bonds. The Morgan fingerprint density at radius 1 is 1.33 bits per heavy atom. The molecule has 0 bridgehead atoms. The van der Waals surface area contributed by atoms with E-state index in [9.17, 15) is 4.79 Å². The molecule has 0 aliphatic rings. The molecule has 3 aromatic rings. The minimum atomic E-state index is -0.465. The molecule has 0 saturated carbocycles. The van der Waals surface area contributed by atoms with Gasteiger partial charge in [-0.25, -0.2) is 9.78 Å². The van der Waals surface area contributed by atoms with Gasteiger partial charge in [-0.2, -0.15) is 0 Å². The van der Waals surface area contributed by atoms with Gasteiger partial charge in [0.15, 0.2) is 0 Å².